The summed E-state index contributed by atoms with van der Waals surface area (Å²) < 4.78 is 24.4. The number of rotatable bonds is 3. The zero-order valence-corrected chi connectivity index (χ0v) is 8.68. The maximum absolute atomic E-state index is 12.2. The molecule has 0 saturated heterocycles. The molecule has 0 aliphatic heterocycles. The van der Waals surface area contributed by atoms with Crippen LogP contribution >= 0.6 is 31.9 Å². The van der Waals surface area contributed by atoms with Crippen LogP contribution in [-0.4, -0.2) is 4.83 Å². The molecule has 0 rings (SSSR count). The van der Waals surface area contributed by atoms with Gasteiger partial charge in [0, 0.05) is 0 Å². The van der Waals surface area contributed by atoms with E-state index in [9.17, 15) is 8.78 Å². The van der Waals surface area contributed by atoms with E-state index in [0.29, 0.717) is 6.42 Å². The summed E-state index contributed by atoms with van der Waals surface area (Å²) in [5.74, 6) is 0. The van der Waals surface area contributed by atoms with E-state index >= 15 is 0 Å². The summed E-state index contributed by atoms with van der Waals surface area (Å²) in [5.41, 5.74) is 0. The smallest absolute Gasteiger partial charge is 0.188 e. The van der Waals surface area contributed by atoms with E-state index in [1.165, 1.54) is 6.08 Å². The van der Waals surface area contributed by atoms with Crippen molar-refractivity contribution in [2.75, 3.05) is 0 Å². The predicted molar refractivity (Wildman–Crippen MR) is 45.8 cm³/mol. The van der Waals surface area contributed by atoms with Gasteiger partial charge < -0.3 is 0 Å². The molecule has 0 amide bonds. The molecule has 0 fully saturated rings. The largest absolute Gasteiger partial charge is 0.332 e. The molecule has 0 heterocycles. The van der Waals surface area contributed by atoms with E-state index in [-0.39, 0.29) is 4.48 Å². The maximum Gasteiger partial charge on any atom is 0.332 e. The SMILES string of the molecule is CCCC=C(Br)C(F)(F)Br. The Hall–Kier alpha value is 0.560. The van der Waals surface area contributed by atoms with E-state index in [2.05, 4.69) is 31.9 Å². The first-order chi connectivity index (χ1) is 4.48. The summed E-state index contributed by atoms with van der Waals surface area (Å²) in [6.45, 7) is 1.93. The van der Waals surface area contributed by atoms with Gasteiger partial charge in [-0.3, -0.25) is 0 Å². The van der Waals surface area contributed by atoms with Crippen LogP contribution in [0.25, 0.3) is 0 Å². The normalized spacial score (nSPS) is 13.9. The van der Waals surface area contributed by atoms with E-state index in [4.69, 9.17) is 0 Å². The van der Waals surface area contributed by atoms with Gasteiger partial charge >= 0.3 is 4.83 Å². The van der Waals surface area contributed by atoms with Crippen molar-refractivity contribution in [3.63, 3.8) is 0 Å². The number of unbranched alkanes of at least 4 members (excludes halogenated alkanes) is 1. The highest BCUT2D eigenvalue weighted by Crippen LogP contribution is 2.34. The molecule has 0 aliphatic rings. The third-order valence-electron chi connectivity index (χ3n) is 0.883. The molecule has 0 unspecified atom stereocenters. The number of halogens is 4. The molecule has 0 atom stereocenters. The second-order valence-corrected chi connectivity index (χ2v) is 3.69. The zero-order valence-electron chi connectivity index (χ0n) is 5.50. The summed E-state index contributed by atoms with van der Waals surface area (Å²) in [6.07, 6.45) is 3.01. The molecule has 4 heteroatoms. The van der Waals surface area contributed by atoms with Crippen molar-refractivity contribution >= 4 is 31.9 Å². The van der Waals surface area contributed by atoms with E-state index in [0.717, 1.165) is 6.42 Å². The van der Waals surface area contributed by atoms with Crippen molar-refractivity contribution in [2.24, 2.45) is 0 Å². The lowest BCUT2D eigenvalue weighted by Crippen LogP contribution is -2.03. The number of alkyl halides is 3. The first-order valence-corrected chi connectivity index (χ1v) is 4.50. The van der Waals surface area contributed by atoms with Gasteiger partial charge in [-0.05, 0) is 38.3 Å². The van der Waals surface area contributed by atoms with Gasteiger partial charge in [-0.2, -0.15) is 8.78 Å². The lowest BCUT2D eigenvalue weighted by Gasteiger charge is -2.05. The Bertz CT molecular complexity index is 126. The van der Waals surface area contributed by atoms with Crippen molar-refractivity contribution in [3.8, 4) is 0 Å². The van der Waals surface area contributed by atoms with Crippen LogP contribution in [0.4, 0.5) is 8.78 Å². The Balaban J connectivity index is 3.93. The highest BCUT2D eigenvalue weighted by Gasteiger charge is 2.27. The fourth-order valence-electron chi connectivity index (χ4n) is 0.387. The van der Waals surface area contributed by atoms with Crippen molar-refractivity contribution in [2.45, 2.75) is 24.6 Å². The molecule has 0 N–H and O–H groups in total. The second kappa shape index (κ2) is 4.44. The zero-order chi connectivity index (χ0) is 8.20. The van der Waals surface area contributed by atoms with Gasteiger partial charge in [0.15, 0.2) is 0 Å². The Labute approximate surface area is 75.9 Å². The van der Waals surface area contributed by atoms with E-state index in [1.807, 2.05) is 6.92 Å². The topological polar surface area (TPSA) is 0 Å². The van der Waals surface area contributed by atoms with Crippen LogP contribution in [-0.2, 0) is 0 Å². The van der Waals surface area contributed by atoms with Gasteiger partial charge in [-0.15, -0.1) is 0 Å². The van der Waals surface area contributed by atoms with Crippen LogP contribution in [0.1, 0.15) is 19.8 Å². The lowest BCUT2D eigenvalue weighted by atomic mass is 10.3. The number of hydrogen-bond acceptors (Lipinski definition) is 0. The standard InChI is InChI=1S/C6H8Br2F2/c1-2-3-4-5(7)6(8,9)10/h4H,2-3H2,1H3. The summed E-state index contributed by atoms with van der Waals surface area (Å²) in [5, 5.41) is 0. The average Bonchev–Trinajstić information content (AvgIpc) is 1.80. The molecule has 0 bridgehead atoms. The molecule has 0 aromatic carbocycles. The van der Waals surface area contributed by atoms with E-state index < -0.39 is 4.83 Å². The summed E-state index contributed by atoms with van der Waals surface area (Å²) in [4.78, 5) is -2.90. The molecule has 0 radical (unpaired) electrons. The summed E-state index contributed by atoms with van der Waals surface area (Å²) in [7, 11) is 0. The third kappa shape index (κ3) is 4.39. The van der Waals surface area contributed by atoms with Gasteiger partial charge in [0.1, 0.15) is 0 Å². The molecule has 0 spiro atoms. The minimum Gasteiger partial charge on any atom is -0.188 e. The molecule has 0 nitrogen and oxygen atoms in total. The van der Waals surface area contributed by atoms with Gasteiger partial charge in [0.05, 0.1) is 4.48 Å². The quantitative estimate of drug-likeness (QED) is 0.683. The molecule has 0 saturated carbocycles. The first kappa shape index (κ1) is 10.6. The molecule has 10 heavy (non-hydrogen) atoms. The molecule has 60 valence electrons. The molecular formula is C6H8Br2F2. The maximum atomic E-state index is 12.2. The van der Waals surface area contributed by atoms with Crippen LogP contribution in [0.15, 0.2) is 10.6 Å². The minimum atomic E-state index is -2.90. The van der Waals surface area contributed by atoms with Gasteiger partial charge in [0.2, 0.25) is 0 Å². The van der Waals surface area contributed by atoms with Gasteiger partial charge in [0.25, 0.3) is 0 Å². The fraction of sp³-hybridized carbons (Fsp3) is 0.667. The van der Waals surface area contributed by atoms with Gasteiger partial charge in [-0.1, -0.05) is 19.4 Å². The van der Waals surface area contributed by atoms with Crippen LogP contribution in [0.3, 0.4) is 0 Å². The summed E-state index contributed by atoms with van der Waals surface area (Å²) in [6, 6.07) is 0. The highest BCUT2D eigenvalue weighted by atomic mass is 79.9. The van der Waals surface area contributed by atoms with Crippen LogP contribution in [0.2, 0.25) is 0 Å². The Morgan fingerprint density at radius 2 is 2.10 bits per heavy atom. The highest BCUT2D eigenvalue weighted by molar-refractivity contribution is 9.14. The average molecular weight is 278 g/mol. The van der Waals surface area contributed by atoms with Crippen LogP contribution in [0, 0.1) is 0 Å². The van der Waals surface area contributed by atoms with Crippen LogP contribution in [0.5, 0.6) is 0 Å². The lowest BCUT2D eigenvalue weighted by molar-refractivity contribution is 0.167. The van der Waals surface area contributed by atoms with Crippen molar-refractivity contribution in [3.05, 3.63) is 10.6 Å². The third-order valence-corrected chi connectivity index (χ3v) is 2.66. The molecular weight excluding hydrogens is 270 g/mol. The van der Waals surface area contributed by atoms with Crippen LogP contribution < -0.4 is 0 Å². The van der Waals surface area contributed by atoms with Crippen molar-refractivity contribution in [1.82, 2.24) is 0 Å². The minimum absolute atomic E-state index is 0.0955. The Kier molecular flexibility index (Phi) is 4.69. The Morgan fingerprint density at radius 3 is 2.40 bits per heavy atom. The van der Waals surface area contributed by atoms with E-state index in [1.54, 1.807) is 0 Å². The molecule has 0 aliphatic carbocycles. The summed E-state index contributed by atoms with van der Waals surface area (Å²) >= 11 is 4.99. The van der Waals surface area contributed by atoms with Crippen molar-refractivity contribution < 1.29 is 8.78 Å². The second-order valence-electron chi connectivity index (χ2n) is 1.84. The van der Waals surface area contributed by atoms with Gasteiger partial charge in [-0.25, -0.2) is 0 Å². The fourth-order valence-corrected chi connectivity index (χ4v) is 0.778. The first-order valence-electron chi connectivity index (χ1n) is 2.91. The number of hydrogen-bond donors (Lipinski definition) is 0. The molecule has 0 aromatic heterocycles. The monoisotopic (exact) mass is 276 g/mol. The molecule has 0 aromatic rings. The predicted octanol–water partition coefficient (Wildman–Crippen LogP) is 4.05. The van der Waals surface area contributed by atoms with Crippen molar-refractivity contribution in [1.29, 1.82) is 0 Å². The number of allylic oxidation sites excluding steroid dienone is 2. The Morgan fingerprint density at radius 1 is 1.60 bits per heavy atom.